The Kier molecular flexibility index (Phi) is 6.87. The summed E-state index contributed by atoms with van der Waals surface area (Å²) in [4.78, 5) is 3.29. The molecule has 2 aromatic heterocycles. The van der Waals surface area contributed by atoms with E-state index in [-0.39, 0.29) is 0 Å². The molecule has 0 radical (unpaired) electrons. The standard InChI is InChI=1S/C22H34SSeSi/c1-5-7-9-11-13-25(14-12-10-8-6-2)19-15-17(3)23-21(19)22-20(25)16-18(4)24-22/h15-16H,5-14H2,1-4H3. The van der Waals surface area contributed by atoms with E-state index in [2.05, 4.69) is 51.2 Å². The van der Waals surface area contributed by atoms with Crippen LogP contribution in [0.2, 0.25) is 12.1 Å². The molecule has 0 aromatic carbocycles. The first-order chi connectivity index (χ1) is 12.1. The van der Waals surface area contributed by atoms with Crippen molar-refractivity contribution in [1.82, 2.24) is 0 Å². The van der Waals surface area contributed by atoms with Gasteiger partial charge in [-0.25, -0.2) is 0 Å². The monoisotopic (exact) mass is 438 g/mol. The van der Waals surface area contributed by atoms with E-state index in [4.69, 9.17) is 0 Å². The van der Waals surface area contributed by atoms with Crippen LogP contribution in [0, 0.1) is 13.8 Å². The second-order valence-corrected chi connectivity index (χ2v) is 16.0. The Labute approximate surface area is 165 Å². The third-order valence-corrected chi connectivity index (χ3v) is 15.3. The fourth-order valence-electron chi connectivity index (χ4n) is 4.59. The molecule has 2 aromatic rings. The normalized spacial score (nSPS) is 14.7. The summed E-state index contributed by atoms with van der Waals surface area (Å²) in [5.74, 6) is 0. The van der Waals surface area contributed by atoms with Crippen molar-refractivity contribution in [2.75, 3.05) is 0 Å². The molecule has 0 nitrogen and oxygen atoms in total. The first-order valence-electron chi connectivity index (χ1n) is 10.3. The molecule has 0 N–H and O–H groups in total. The van der Waals surface area contributed by atoms with Crippen LogP contribution in [0.1, 0.15) is 74.5 Å². The minimum atomic E-state index is -1.47. The van der Waals surface area contributed by atoms with Crippen molar-refractivity contribution in [2.24, 2.45) is 0 Å². The predicted molar refractivity (Wildman–Crippen MR) is 119 cm³/mol. The zero-order chi connectivity index (χ0) is 17.9. The number of unbranched alkanes of at least 4 members (excludes halogenated alkanes) is 6. The molecule has 0 bridgehead atoms. The van der Waals surface area contributed by atoms with E-state index < -0.39 is 8.07 Å². The molecule has 0 saturated heterocycles. The van der Waals surface area contributed by atoms with Crippen molar-refractivity contribution < 1.29 is 0 Å². The molecule has 0 unspecified atom stereocenters. The van der Waals surface area contributed by atoms with E-state index in [1.807, 2.05) is 14.8 Å². The molecule has 1 aliphatic rings. The van der Waals surface area contributed by atoms with E-state index in [1.165, 1.54) is 63.5 Å². The third-order valence-electron chi connectivity index (χ3n) is 5.86. The molecule has 0 amide bonds. The quantitative estimate of drug-likeness (QED) is 0.310. The maximum absolute atomic E-state index is 2.66. The van der Waals surface area contributed by atoms with E-state index >= 15 is 0 Å². The van der Waals surface area contributed by atoms with Gasteiger partial charge in [0.2, 0.25) is 0 Å². The molecule has 0 spiro atoms. The van der Waals surface area contributed by atoms with Crippen LogP contribution >= 0.6 is 11.3 Å². The Hall–Kier alpha value is -0.0836. The van der Waals surface area contributed by atoms with Crippen LogP contribution in [0.4, 0.5) is 0 Å². The van der Waals surface area contributed by atoms with Gasteiger partial charge in [-0.1, -0.05) is 0 Å². The fraction of sp³-hybridized carbons (Fsp3) is 0.636. The molecule has 3 heterocycles. The van der Waals surface area contributed by atoms with Gasteiger partial charge in [0.1, 0.15) is 0 Å². The van der Waals surface area contributed by atoms with Gasteiger partial charge in [-0.3, -0.25) is 0 Å². The number of hydrogen-bond acceptors (Lipinski definition) is 1. The van der Waals surface area contributed by atoms with Crippen LogP contribution in [0.3, 0.4) is 0 Å². The Balaban J connectivity index is 1.93. The molecule has 3 rings (SSSR count). The molecule has 1 aliphatic heterocycles. The van der Waals surface area contributed by atoms with Crippen LogP contribution in [0.25, 0.3) is 9.31 Å². The molecule has 0 aliphatic carbocycles. The van der Waals surface area contributed by atoms with Gasteiger partial charge in [0, 0.05) is 0 Å². The summed E-state index contributed by atoms with van der Waals surface area (Å²) in [6, 6.07) is 8.30. The van der Waals surface area contributed by atoms with Crippen molar-refractivity contribution in [2.45, 2.75) is 91.1 Å². The van der Waals surface area contributed by atoms with Gasteiger partial charge in [-0.2, -0.15) is 0 Å². The Morgan fingerprint density at radius 2 is 1.48 bits per heavy atom. The fourth-order valence-corrected chi connectivity index (χ4v) is 16.1. The van der Waals surface area contributed by atoms with Gasteiger partial charge in [0.25, 0.3) is 0 Å². The zero-order valence-electron chi connectivity index (χ0n) is 16.5. The Morgan fingerprint density at radius 1 is 0.840 bits per heavy atom. The average molecular weight is 438 g/mol. The van der Waals surface area contributed by atoms with Crippen LogP contribution in [0.5, 0.6) is 0 Å². The van der Waals surface area contributed by atoms with Crippen LogP contribution in [0.15, 0.2) is 12.1 Å². The van der Waals surface area contributed by atoms with Gasteiger partial charge < -0.3 is 0 Å². The molecule has 25 heavy (non-hydrogen) atoms. The second kappa shape index (κ2) is 8.74. The number of thiophene rings is 1. The van der Waals surface area contributed by atoms with Crippen molar-refractivity contribution in [1.29, 1.82) is 0 Å². The zero-order valence-corrected chi connectivity index (χ0v) is 20.1. The third kappa shape index (κ3) is 3.95. The summed E-state index contributed by atoms with van der Waals surface area (Å²) in [6.07, 6.45) is 11.3. The van der Waals surface area contributed by atoms with E-state index in [0.29, 0.717) is 14.5 Å². The SMILES string of the molecule is CCCCCC[Si]1(CCCCCC)c2cc(C)sc2-c2[se]c(C)cc21. The molecular formula is C22H34SSeSi. The average Bonchev–Trinajstić information content (AvgIpc) is 3.21. The van der Waals surface area contributed by atoms with E-state index in [9.17, 15) is 0 Å². The number of rotatable bonds is 10. The Morgan fingerprint density at radius 3 is 2.08 bits per heavy atom. The van der Waals surface area contributed by atoms with Gasteiger partial charge in [0.15, 0.2) is 0 Å². The van der Waals surface area contributed by atoms with Gasteiger partial charge in [-0.05, 0) is 0 Å². The minimum absolute atomic E-state index is 0.614. The van der Waals surface area contributed by atoms with E-state index in [1.54, 1.807) is 14.2 Å². The molecule has 138 valence electrons. The number of fused-ring (bicyclic) bond motifs is 3. The second-order valence-electron chi connectivity index (χ2n) is 7.90. The summed E-state index contributed by atoms with van der Waals surface area (Å²) < 4.78 is 3.49. The molecule has 3 heteroatoms. The van der Waals surface area contributed by atoms with Gasteiger partial charge in [0.05, 0.1) is 0 Å². The summed E-state index contributed by atoms with van der Waals surface area (Å²) in [5.41, 5.74) is 0. The van der Waals surface area contributed by atoms with E-state index in [0.717, 1.165) is 0 Å². The van der Waals surface area contributed by atoms with Gasteiger partial charge >= 0.3 is 166 Å². The summed E-state index contributed by atoms with van der Waals surface area (Å²) in [5, 5.41) is 3.75. The van der Waals surface area contributed by atoms with Crippen molar-refractivity contribution >= 4 is 44.3 Å². The number of aryl methyl sites for hydroxylation is 2. The molecule has 0 fully saturated rings. The summed E-state index contributed by atoms with van der Waals surface area (Å²) >= 11 is 2.72. The van der Waals surface area contributed by atoms with Crippen molar-refractivity contribution in [3.63, 3.8) is 0 Å². The first-order valence-corrected chi connectivity index (χ1v) is 15.3. The maximum atomic E-state index is 2.66. The number of hydrogen-bond donors (Lipinski definition) is 0. The molecule has 0 atom stereocenters. The first kappa shape index (κ1) is 19.7. The molecule has 0 saturated carbocycles. The van der Waals surface area contributed by atoms with Crippen LogP contribution in [-0.4, -0.2) is 22.6 Å². The topological polar surface area (TPSA) is 0 Å². The van der Waals surface area contributed by atoms with Crippen molar-refractivity contribution in [3.8, 4) is 9.31 Å². The Bertz CT molecular complexity index is 637. The van der Waals surface area contributed by atoms with Gasteiger partial charge in [-0.15, -0.1) is 0 Å². The summed E-state index contributed by atoms with van der Waals surface area (Å²) in [7, 11) is -1.47. The molecular weight excluding hydrogens is 403 g/mol. The van der Waals surface area contributed by atoms with Crippen LogP contribution in [-0.2, 0) is 0 Å². The summed E-state index contributed by atoms with van der Waals surface area (Å²) in [6.45, 7) is 9.38. The predicted octanol–water partition coefficient (Wildman–Crippen LogP) is 6.13. The van der Waals surface area contributed by atoms with Crippen molar-refractivity contribution in [3.05, 3.63) is 21.4 Å². The van der Waals surface area contributed by atoms with Crippen LogP contribution < -0.4 is 10.4 Å².